The first-order valence-corrected chi connectivity index (χ1v) is 14.3. The molecule has 0 unspecified atom stereocenters. The van der Waals surface area contributed by atoms with Crippen LogP contribution in [0.2, 0.25) is 0 Å². The monoisotopic (exact) mass is 540 g/mol. The average Bonchev–Trinajstić information content (AvgIpc) is 3.66. The van der Waals surface area contributed by atoms with E-state index < -0.39 is 5.60 Å². The van der Waals surface area contributed by atoms with Gasteiger partial charge < -0.3 is 23.9 Å². The second-order valence-electron chi connectivity index (χ2n) is 12.4. The first kappa shape index (κ1) is 27.8. The van der Waals surface area contributed by atoms with Gasteiger partial charge in [0.1, 0.15) is 11.4 Å². The van der Waals surface area contributed by atoms with Crippen molar-refractivity contribution < 1.29 is 14.1 Å². The van der Waals surface area contributed by atoms with Gasteiger partial charge in [0.25, 0.3) is 5.54 Å². The maximum atomic E-state index is 12.6. The molecule has 7 heteroatoms. The molecule has 210 valence electrons. The number of likely N-dealkylation sites (tertiary alicyclic amines) is 1. The van der Waals surface area contributed by atoms with Crippen LogP contribution in [0.3, 0.4) is 0 Å². The van der Waals surface area contributed by atoms with Crippen molar-refractivity contribution in [3.63, 3.8) is 0 Å². The van der Waals surface area contributed by atoms with E-state index in [1.54, 1.807) is 0 Å². The maximum absolute atomic E-state index is 12.6. The molecule has 2 aromatic carbocycles. The number of aryl methyl sites for hydroxylation is 3. The Balaban J connectivity index is 1.43. The quantitative estimate of drug-likeness (QED) is 0.297. The zero-order valence-electron chi connectivity index (χ0n) is 24.6. The summed E-state index contributed by atoms with van der Waals surface area (Å²) in [5.41, 5.74) is 6.74. The predicted octanol–water partition coefficient (Wildman–Crippen LogP) is 7.96. The van der Waals surface area contributed by atoms with E-state index in [0.717, 1.165) is 71.7 Å². The smallest absolute Gasteiger partial charge is 0.410 e. The Morgan fingerprint density at radius 1 is 1.12 bits per heavy atom. The van der Waals surface area contributed by atoms with Crippen molar-refractivity contribution in [1.82, 2.24) is 10.1 Å². The van der Waals surface area contributed by atoms with Gasteiger partial charge in [0.05, 0.1) is 5.69 Å². The minimum absolute atomic E-state index is 0.227. The predicted molar refractivity (Wildman–Crippen MR) is 158 cm³/mol. The number of nitrogens with zero attached hydrogens (tertiary/aromatic N) is 4. The zero-order chi connectivity index (χ0) is 28.7. The highest BCUT2D eigenvalue weighted by molar-refractivity contribution is 5.76. The SMILES string of the molecule is [C-]#[N+]C1(c2ccc(N(CC3CCN(C(=O)OC(C)(C)C)CC3)c3cc(-c4c(C)noc4C)ccc3C)cc2)CC1. The Kier molecular flexibility index (Phi) is 7.39. The second kappa shape index (κ2) is 10.6. The lowest BCUT2D eigenvalue weighted by Gasteiger charge is -2.37. The molecule has 1 amide bonds. The molecular formula is C33H40N4O3. The molecule has 2 heterocycles. The van der Waals surface area contributed by atoms with Crippen LogP contribution in [0.5, 0.6) is 0 Å². The Bertz CT molecular complexity index is 1400. The van der Waals surface area contributed by atoms with E-state index in [1.807, 2.05) is 39.5 Å². The second-order valence-corrected chi connectivity index (χ2v) is 12.4. The van der Waals surface area contributed by atoms with Crippen LogP contribution in [0.4, 0.5) is 16.2 Å². The van der Waals surface area contributed by atoms with E-state index in [2.05, 4.69) is 64.3 Å². The number of hydrogen-bond acceptors (Lipinski definition) is 5. The number of aromatic nitrogens is 1. The van der Waals surface area contributed by atoms with Crippen LogP contribution < -0.4 is 4.90 Å². The van der Waals surface area contributed by atoms with Crippen LogP contribution in [0.25, 0.3) is 16.0 Å². The molecule has 0 atom stereocenters. The summed E-state index contributed by atoms with van der Waals surface area (Å²) in [5, 5.41) is 4.18. The van der Waals surface area contributed by atoms with Gasteiger partial charge in [0.2, 0.25) is 0 Å². The molecule has 2 aliphatic rings. The van der Waals surface area contributed by atoms with E-state index in [-0.39, 0.29) is 11.6 Å². The van der Waals surface area contributed by atoms with Crippen molar-refractivity contribution in [2.45, 2.75) is 78.4 Å². The Hall–Kier alpha value is -3.79. The highest BCUT2D eigenvalue weighted by Gasteiger charge is 2.52. The lowest BCUT2D eigenvalue weighted by molar-refractivity contribution is 0.0187. The van der Waals surface area contributed by atoms with E-state index in [4.69, 9.17) is 15.8 Å². The van der Waals surface area contributed by atoms with Crippen LogP contribution in [0.1, 0.15) is 69.0 Å². The van der Waals surface area contributed by atoms with Crippen LogP contribution in [-0.2, 0) is 10.3 Å². The summed E-state index contributed by atoms with van der Waals surface area (Å²) in [4.78, 5) is 20.8. The maximum Gasteiger partial charge on any atom is 0.410 e. The lowest BCUT2D eigenvalue weighted by Crippen LogP contribution is -2.43. The third-order valence-electron chi connectivity index (χ3n) is 8.18. The van der Waals surface area contributed by atoms with Crippen LogP contribution in [0.15, 0.2) is 47.0 Å². The summed E-state index contributed by atoms with van der Waals surface area (Å²) in [6.07, 6.45) is 3.48. The molecule has 40 heavy (non-hydrogen) atoms. The summed E-state index contributed by atoms with van der Waals surface area (Å²) < 4.78 is 11.1. The van der Waals surface area contributed by atoms with Gasteiger partial charge in [-0.2, -0.15) is 0 Å². The van der Waals surface area contributed by atoms with Crippen molar-refractivity contribution in [2.24, 2.45) is 5.92 Å². The number of benzene rings is 2. The lowest BCUT2D eigenvalue weighted by atomic mass is 9.94. The van der Waals surface area contributed by atoms with Crippen LogP contribution in [-0.4, -0.2) is 41.4 Å². The van der Waals surface area contributed by atoms with Gasteiger partial charge >= 0.3 is 6.09 Å². The summed E-state index contributed by atoms with van der Waals surface area (Å²) in [6.45, 7) is 21.7. The first-order valence-electron chi connectivity index (χ1n) is 14.3. The highest BCUT2D eigenvalue weighted by Crippen LogP contribution is 2.50. The van der Waals surface area contributed by atoms with Gasteiger partial charge in [0, 0.05) is 55.0 Å². The molecule has 2 fully saturated rings. The number of hydrogen-bond donors (Lipinski definition) is 0. The third kappa shape index (κ3) is 5.72. The average molecular weight is 541 g/mol. The number of anilines is 2. The molecule has 5 rings (SSSR count). The van der Waals surface area contributed by atoms with Crippen molar-refractivity contribution in [3.8, 4) is 11.1 Å². The minimum Gasteiger partial charge on any atom is -0.444 e. The molecule has 1 aliphatic heterocycles. The van der Waals surface area contributed by atoms with Crippen molar-refractivity contribution in [1.29, 1.82) is 0 Å². The molecule has 1 saturated heterocycles. The van der Waals surface area contributed by atoms with Gasteiger partial charge in [-0.25, -0.2) is 11.4 Å². The van der Waals surface area contributed by atoms with E-state index in [1.165, 1.54) is 5.56 Å². The number of ether oxygens (including phenoxy) is 1. The van der Waals surface area contributed by atoms with Gasteiger partial charge in [-0.15, -0.1) is 0 Å². The molecule has 0 spiro atoms. The molecule has 0 N–H and O–H groups in total. The number of carbonyl (C=O) groups excluding carboxylic acids is 1. The summed E-state index contributed by atoms with van der Waals surface area (Å²) in [6, 6.07) is 15.1. The van der Waals surface area contributed by atoms with E-state index >= 15 is 0 Å². The summed E-state index contributed by atoms with van der Waals surface area (Å²) in [5.74, 6) is 1.23. The molecule has 1 saturated carbocycles. The summed E-state index contributed by atoms with van der Waals surface area (Å²) in [7, 11) is 0. The fourth-order valence-corrected chi connectivity index (χ4v) is 5.71. The largest absolute Gasteiger partial charge is 0.444 e. The molecule has 0 radical (unpaired) electrons. The summed E-state index contributed by atoms with van der Waals surface area (Å²) >= 11 is 0. The molecule has 1 aliphatic carbocycles. The highest BCUT2D eigenvalue weighted by atomic mass is 16.6. The zero-order valence-corrected chi connectivity index (χ0v) is 24.6. The molecule has 0 bridgehead atoms. The molecule has 3 aromatic rings. The van der Waals surface area contributed by atoms with E-state index in [9.17, 15) is 4.79 Å². The van der Waals surface area contributed by atoms with Gasteiger partial charge in [-0.3, -0.25) is 0 Å². The van der Waals surface area contributed by atoms with Gasteiger partial charge in [-0.1, -0.05) is 17.3 Å². The fourth-order valence-electron chi connectivity index (χ4n) is 5.71. The van der Waals surface area contributed by atoms with Crippen molar-refractivity contribution in [3.05, 3.63) is 76.5 Å². The number of amides is 1. The minimum atomic E-state index is -0.493. The Morgan fingerprint density at radius 2 is 1.80 bits per heavy atom. The van der Waals surface area contributed by atoms with Gasteiger partial charge in [0.15, 0.2) is 0 Å². The van der Waals surface area contributed by atoms with Crippen LogP contribution in [0, 0.1) is 33.3 Å². The van der Waals surface area contributed by atoms with Crippen molar-refractivity contribution in [2.75, 3.05) is 24.5 Å². The van der Waals surface area contributed by atoms with Gasteiger partial charge in [-0.05, 0) is 102 Å². The number of rotatable bonds is 6. The molecule has 7 nitrogen and oxygen atoms in total. The molecular weight excluding hydrogens is 500 g/mol. The normalized spacial score (nSPS) is 16.9. The van der Waals surface area contributed by atoms with Crippen LogP contribution >= 0.6 is 0 Å². The van der Waals surface area contributed by atoms with E-state index in [0.29, 0.717) is 19.0 Å². The topological polar surface area (TPSA) is 63.2 Å². The number of carbonyl (C=O) groups is 1. The van der Waals surface area contributed by atoms with Crippen molar-refractivity contribution >= 4 is 17.5 Å². The number of piperidine rings is 1. The Morgan fingerprint density at radius 3 is 2.35 bits per heavy atom. The molecule has 1 aromatic heterocycles. The standard InChI is InChI=1S/C33H40N4O3/c1-22-8-9-26(30-23(2)35-40-24(30)3)20-29(22)37(28-12-10-27(11-13-28)33(34-7)16-17-33)21-25-14-18-36(19-15-25)31(38)39-32(4,5)6/h8-13,20,25H,14-19,21H2,1-6H3. The Labute approximate surface area is 237 Å². The first-order chi connectivity index (χ1) is 19.0. The fraction of sp³-hybridized carbons (Fsp3) is 0.485. The third-order valence-corrected chi connectivity index (χ3v) is 8.18.